The van der Waals surface area contributed by atoms with Crippen molar-refractivity contribution >= 4 is 33.8 Å². The molecule has 3 aromatic rings. The van der Waals surface area contributed by atoms with Gasteiger partial charge in [0.1, 0.15) is 5.52 Å². The fourth-order valence-electron chi connectivity index (χ4n) is 2.60. The van der Waals surface area contributed by atoms with Crippen molar-refractivity contribution in [2.75, 3.05) is 5.75 Å². The number of aromatic amines is 1. The zero-order valence-corrected chi connectivity index (χ0v) is 14.0. The summed E-state index contributed by atoms with van der Waals surface area (Å²) in [6.45, 7) is 4.33. The van der Waals surface area contributed by atoms with Gasteiger partial charge in [0.25, 0.3) is 0 Å². The zero-order chi connectivity index (χ0) is 15.4. The Morgan fingerprint density at radius 3 is 2.82 bits per heavy atom. The highest BCUT2D eigenvalue weighted by atomic mass is 32.2. The van der Waals surface area contributed by atoms with E-state index in [0.717, 1.165) is 33.0 Å². The Kier molecular flexibility index (Phi) is 4.93. The van der Waals surface area contributed by atoms with Crippen molar-refractivity contribution in [1.29, 1.82) is 0 Å². The lowest BCUT2D eigenvalue weighted by Crippen LogP contribution is -1.92. The van der Waals surface area contributed by atoms with Gasteiger partial charge in [-0.05, 0) is 25.5 Å². The van der Waals surface area contributed by atoms with E-state index < -0.39 is 0 Å². The minimum atomic E-state index is 0.770. The topological polar surface area (TPSA) is 54.5 Å². The molecule has 0 fully saturated rings. The molecular weight excluding hydrogens is 292 g/mol. The highest BCUT2D eigenvalue weighted by Crippen LogP contribution is 2.24. The summed E-state index contributed by atoms with van der Waals surface area (Å²) in [4.78, 5) is 7.95. The summed E-state index contributed by atoms with van der Waals surface area (Å²) < 4.78 is 0. The summed E-state index contributed by atoms with van der Waals surface area (Å²) in [5.41, 5.74) is 4.00. The number of fused-ring (bicyclic) bond motifs is 3. The normalized spacial score (nSPS) is 11.5. The minimum absolute atomic E-state index is 0.770. The molecule has 0 radical (unpaired) electrons. The van der Waals surface area contributed by atoms with Crippen LogP contribution < -0.4 is 0 Å². The van der Waals surface area contributed by atoms with Gasteiger partial charge in [-0.25, -0.2) is 4.98 Å². The molecule has 0 aliphatic carbocycles. The first-order valence-corrected chi connectivity index (χ1v) is 9.02. The van der Waals surface area contributed by atoms with Crippen LogP contribution in [0.3, 0.4) is 0 Å². The van der Waals surface area contributed by atoms with Crippen molar-refractivity contribution in [3.8, 4) is 0 Å². The van der Waals surface area contributed by atoms with Crippen molar-refractivity contribution in [3.63, 3.8) is 0 Å². The molecule has 1 aromatic carbocycles. The Labute approximate surface area is 135 Å². The molecule has 4 nitrogen and oxygen atoms in total. The second kappa shape index (κ2) is 7.09. The highest BCUT2D eigenvalue weighted by Gasteiger charge is 2.09. The summed E-state index contributed by atoms with van der Waals surface area (Å²) in [5, 5.41) is 10.5. The lowest BCUT2D eigenvalue weighted by Gasteiger charge is -2.00. The van der Waals surface area contributed by atoms with Gasteiger partial charge in [0, 0.05) is 16.7 Å². The van der Waals surface area contributed by atoms with E-state index in [0.29, 0.717) is 0 Å². The quantitative estimate of drug-likeness (QED) is 0.499. The molecule has 0 aliphatic heterocycles. The lowest BCUT2D eigenvalue weighted by atomic mass is 10.2. The van der Waals surface area contributed by atoms with Crippen molar-refractivity contribution in [2.45, 2.75) is 51.1 Å². The maximum Gasteiger partial charge on any atom is 0.211 e. The predicted molar refractivity (Wildman–Crippen MR) is 93.4 cm³/mol. The largest absolute Gasteiger partial charge is 0.338 e. The number of rotatable bonds is 7. The van der Waals surface area contributed by atoms with Crippen molar-refractivity contribution in [3.05, 3.63) is 23.8 Å². The molecule has 1 N–H and O–H groups in total. The molecule has 116 valence electrons. The maximum absolute atomic E-state index is 4.61. The molecule has 0 unspecified atom stereocenters. The fraction of sp³-hybridized carbons (Fsp3) is 0.471. The summed E-state index contributed by atoms with van der Waals surface area (Å²) in [6, 6.07) is 6.30. The Balaban J connectivity index is 1.69. The summed E-state index contributed by atoms with van der Waals surface area (Å²) in [5.74, 6) is 1.07. The first-order chi connectivity index (χ1) is 10.8. The summed E-state index contributed by atoms with van der Waals surface area (Å²) in [6.07, 6.45) is 6.47. The molecule has 0 aliphatic rings. The van der Waals surface area contributed by atoms with Gasteiger partial charge < -0.3 is 4.98 Å². The van der Waals surface area contributed by atoms with Crippen molar-refractivity contribution in [1.82, 2.24) is 20.2 Å². The van der Waals surface area contributed by atoms with Gasteiger partial charge in [0.2, 0.25) is 5.16 Å². The third-order valence-corrected chi connectivity index (χ3v) is 4.75. The van der Waals surface area contributed by atoms with Gasteiger partial charge in [-0.1, -0.05) is 56.0 Å². The number of nitrogens with zero attached hydrogens (tertiary/aromatic N) is 3. The highest BCUT2D eigenvalue weighted by molar-refractivity contribution is 7.99. The third kappa shape index (κ3) is 3.40. The van der Waals surface area contributed by atoms with Gasteiger partial charge >= 0.3 is 0 Å². The molecule has 22 heavy (non-hydrogen) atoms. The van der Waals surface area contributed by atoms with Crippen LogP contribution in [-0.4, -0.2) is 25.9 Å². The molecule has 5 heteroatoms. The molecule has 0 atom stereocenters. The number of aromatic nitrogens is 4. The van der Waals surface area contributed by atoms with Crippen LogP contribution in [0.15, 0.2) is 23.4 Å². The molecule has 0 saturated carbocycles. The van der Waals surface area contributed by atoms with E-state index in [-0.39, 0.29) is 0 Å². The number of aryl methyl sites for hydroxylation is 1. The van der Waals surface area contributed by atoms with Gasteiger partial charge in [0.05, 0.1) is 0 Å². The Morgan fingerprint density at radius 1 is 1.09 bits per heavy atom. The standard InChI is InChI=1S/C17H22N4S/c1-3-4-5-6-7-10-22-17-19-16-15(20-21-17)13-11-12(2)8-9-14(13)18-16/h8-9,11H,3-7,10H2,1-2H3,(H,18,19,21). The van der Waals surface area contributed by atoms with Crippen LogP contribution in [0, 0.1) is 6.92 Å². The Hall–Kier alpha value is -1.62. The number of H-pyrrole nitrogens is 1. The smallest absolute Gasteiger partial charge is 0.211 e. The number of unbranched alkanes of at least 4 members (excludes halogenated alkanes) is 4. The molecule has 0 amide bonds. The van der Waals surface area contributed by atoms with E-state index >= 15 is 0 Å². The number of hydrogen-bond acceptors (Lipinski definition) is 4. The molecular formula is C17H22N4S. The second-order valence-electron chi connectivity index (χ2n) is 5.73. The van der Waals surface area contributed by atoms with Gasteiger partial charge in [-0.15, -0.1) is 10.2 Å². The Bertz CT molecular complexity index is 766. The van der Waals surface area contributed by atoms with Crippen LogP contribution in [-0.2, 0) is 0 Å². The summed E-state index contributed by atoms with van der Waals surface area (Å²) >= 11 is 1.70. The van der Waals surface area contributed by atoms with E-state index in [1.165, 1.54) is 37.7 Å². The number of nitrogens with one attached hydrogen (secondary N) is 1. The first-order valence-electron chi connectivity index (χ1n) is 8.03. The van der Waals surface area contributed by atoms with E-state index in [1.807, 2.05) is 0 Å². The van der Waals surface area contributed by atoms with E-state index in [2.05, 4.69) is 52.2 Å². The molecule has 0 bridgehead atoms. The van der Waals surface area contributed by atoms with Crippen LogP contribution in [0.2, 0.25) is 0 Å². The van der Waals surface area contributed by atoms with E-state index in [9.17, 15) is 0 Å². The maximum atomic E-state index is 4.61. The Morgan fingerprint density at radius 2 is 1.95 bits per heavy atom. The van der Waals surface area contributed by atoms with Crippen molar-refractivity contribution < 1.29 is 0 Å². The molecule has 2 aromatic heterocycles. The number of hydrogen-bond donors (Lipinski definition) is 1. The second-order valence-corrected chi connectivity index (χ2v) is 6.79. The molecule has 0 spiro atoms. The fourth-order valence-corrected chi connectivity index (χ4v) is 3.39. The number of benzene rings is 1. The SMILES string of the molecule is CCCCCCCSc1nnc2c(n1)[nH]c1ccc(C)cc12. The van der Waals surface area contributed by atoms with Crippen LogP contribution in [0.25, 0.3) is 22.1 Å². The van der Waals surface area contributed by atoms with Crippen LogP contribution in [0.1, 0.15) is 44.6 Å². The average molecular weight is 314 g/mol. The van der Waals surface area contributed by atoms with Crippen molar-refractivity contribution in [2.24, 2.45) is 0 Å². The molecule has 0 saturated heterocycles. The van der Waals surface area contributed by atoms with E-state index in [1.54, 1.807) is 11.8 Å². The number of thioether (sulfide) groups is 1. The van der Waals surface area contributed by atoms with Gasteiger partial charge in [-0.2, -0.15) is 0 Å². The van der Waals surface area contributed by atoms with Crippen LogP contribution in [0.4, 0.5) is 0 Å². The molecule has 2 heterocycles. The molecule has 3 rings (SSSR count). The average Bonchev–Trinajstić information content (AvgIpc) is 2.88. The first kappa shape index (κ1) is 15.3. The third-order valence-electron chi connectivity index (χ3n) is 3.83. The van der Waals surface area contributed by atoms with Gasteiger partial charge in [-0.3, -0.25) is 0 Å². The monoisotopic (exact) mass is 314 g/mol. The lowest BCUT2D eigenvalue weighted by molar-refractivity contribution is 0.659. The van der Waals surface area contributed by atoms with Gasteiger partial charge in [0.15, 0.2) is 5.65 Å². The summed E-state index contributed by atoms with van der Waals surface area (Å²) in [7, 11) is 0. The minimum Gasteiger partial charge on any atom is -0.338 e. The van der Waals surface area contributed by atoms with Crippen LogP contribution in [0.5, 0.6) is 0 Å². The zero-order valence-electron chi connectivity index (χ0n) is 13.2. The van der Waals surface area contributed by atoms with Crippen LogP contribution >= 0.6 is 11.8 Å². The van der Waals surface area contributed by atoms with E-state index in [4.69, 9.17) is 0 Å². The predicted octanol–water partition coefficient (Wildman–Crippen LogP) is 4.88.